The number of amides is 1. The van der Waals surface area contributed by atoms with Gasteiger partial charge in [-0.3, -0.25) is 4.79 Å². The minimum absolute atomic E-state index is 0.0798. The number of carbonyl (C=O) groups is 1. The van der Waals surface area contributed by atoms with E-state index in [4.69, 9.17) is 4.42 Å². The summed E-state index contributed by atoms with van der Waals surface area (Å²) in [5, 5.41) is 4.69. The third kappa shape index (κ3) is 3.61. The van der Waals surface area contributed by atoms with Gasteiger partial charge in [0.05, 0.1) is 17.6 Å². The fourth-order valence-electron chi connectivity index (χ4n) is 2.92. The Hall–Kier alpha value is -3.08. The van der Waals surface area contributed by atoms with Crippen LogP contribution in [0.25, 0.3) is 11.8 Å². The first-order valence-corrected chi connectivity index (χ1v) is 8.55. The van der Waals surface area contributed by atoms with Crippen molar-refractivity contribution in [1.82, 2.24) is 14.7 Å². The van der Waals surface area contributed by atoms with Crippen molar-refractivity contribution in [3.8, 4) is 5.69 Å². The molecule has 1 amide bonds. The number of aromatic nitrogens is 2. The quantitative estimate of drug-likeness (QED) is 0.653. The Morgan fingerprint density at radius 3 is 2.65 bits per heavy atom. The number of nitrogens with zero attached hydrogens (tertiary/aromatic N) is 3. The lowest BCUT2D eigenvalue weighted by Crippen LogP contribution is -2.24. The molecular weight excluding hydrogens is 326 g/mol. The van der Waals surface area contributed by atoms with Gasteiger partial charge in [-0.1, -0.05) is 18.2 Å². The molecule has 3 rings (SSSR count). The summed E-state index contributed by atoms with van der Waals surface area (Å²) in [5.74, 6) is 0.579. The first kappa shape index (κ1) is 17.7. The molecule has 2 aromatic heterocycles. The largest absolute Gasteiger partial charge is 0.465 e. The monoisotopic (exact) mass is 349 g/mol. The summed E-state index contributed by atoms with van der Waals surface area (Å²) in [6.45, 7) is 6.60. The van der Waals surface area contributed by atoms with Gasteiger partial charge in [0.2, 0.25) is 5.91 Å². The number of furan rings is 1. The number of hydrogen-bond acceptors (Lipinski definition) is 3. The normalized spacial score (nSPS) is 11.2. The van der Waals surface area contributed by atoms with Crippen molar-refractivity contribution in [2.45, 2.75) is 27.3 Å². The van der Waals surface area contributed by atoms with E-state index >= 15 is 0 Å². The molecule has 0 aliphatic carbocycles. The second-order valence-corrected chi connectivity index (χ2v) is 6.39. The summed E-state index contributed by atoms with van der Waals surface area (Å²) < 4.78 is 7.17. The van der Waals surface area contributed by atoms with Crippen LogP contribution in [0.2, 0.25) is 0 Å². The lowest BCUT2D eigenvalue weighted by Gasteiger charge is -2.15. The molecule has 0 saturated carbocycles. The van der Waals surface area contributed by atoms with E-state index < -0.39 is 0 Å². The molecule has 0 atom stereocenters. The van der Waals surface area contributed by atoms with E-state index in [0.717, 1.165) is 28.2 Å². The van der Waals surface area contributed by atoms with Crippen LogP contribution >= 0.6 is 0 Å². The van der Waals surface area contributed by atoms with Crippen LogP contribution in [0.3, 0.4) is 0 Å². The van der Waals surface area contributed by atoms with Crippen molar-refractivity contribution in [1.29, 1.82) is 0 Å². The van der Waals surface area contributed by atoms with Crippen LogP contribution in [-0.2, 0) is 11.3 Å². The molecule has 5 heteroatoms. The van der Waals surface area contributed by atoms with Gasteiger partial charge in [-0.15, -0.1) is 0 Å². The highest BCUT2D eigenvalue weighted by Gasteiger charge is 2.17. The summed E-state index contributed by atoms with van der Waals surface area (Å²) in [7, 11) is 1.79. The molecule has 0 N–H and O–H groups in total. The number of rotatable bonds is 5. The lowest BCUT2D eigenvalue weighted by molar-refractivity contribution is -0.125. The summed E-state index contributed by atoms with van der Waals surface area (Å²) in [6.07, 6.45) is 4.78. The molecule has 1 aromatic carbocycles. The minimum atomic E-state index is -0.0798. The van der Waals surface area contributed by atoms with Crippen LogP contribution in [-0.4, -0.2) is 27.6 Å². The van der Waals surface area contributed by atoms with Crippen molar-refractivity contribution >= 4 is 12.0 Å². The first-order valence-electron chi connectivity index (χ1n) is 8.55. The Morgan fingerprint density at radius 2 is 1.96 bits per heavy atom. The van der Waals surface area contributed by atoms with Gasteiger partial charge in [-0.25, -0.2) is 4.68 Å². The first-order chi connectivity index (χ1) is 12.5. The van der Waals surface area contributed by atoms with E-state index in [2.05, 4.69) is 24.2 Å². The molecule has 26 heavy (non-hydrogen) atoms. The summed E-state index contributed by atoms with van der Waals surface area (Å²) in [5.41, 5.74) is 5.27. The molecule has 5 nitrogen and oxygen atoms in total. The maximum Gasteiger partial charge on any atom is 0.246 e. The van der Waals surface area contributed by atoms with E-state index in [1.807, 2.05) is 36.7 Å². The van der Waals surface area contributed by atoms with Crippen molar-refractivity contribution in [3.63, 3.8) is 0 Å². The third-order valence-electron chi connectivity index (χ3n) is 4.49. The van der Waals surface area contributed by atoms with Gasteiger partial charge < -0.3 is 9.32 Å². The topological polar surface area (TPSA) is 51.3 Å². The third-order valence-corrected chi connectivity index (χ3v) is 4.49. The van der Waals surface area contributed by atoms with Crippen molar-refractivity contribution in [2.75, 3.05) is 7.05 Å². The molecule has 2 heterocycles. The molecule has 0 saturated heterocycles. The van der Waals surface area contributed by atoms with Gasteiger partial charge in [-0.05, 0) is 50.6 Å². The molecule has 134 valence electrons. The predicted molar refractivity (Wildman–Crippen MR) is 102 cm³/mol. The van der Waals surface area contributed by atoms with Gasteiger partial charge in [0, 0.05) is 30.9 Å². The minimum Gasteiger partial charge on any atom is -0.465 e. The number of benzene rings is 1. The van der Waals surface area contributed by atoms with Crippen LogP contribution in [0.4, 0.5) is 0 Å². The average Bonchev–Trinajstić information content (AvgIpc) is 3.23. The fourth-order valence-corrected chi connectivity index (χ4v) is 2.92. The number of hydrogen-bond donors (Lipinski definition) is 0. The van der Waals surface area contributed by atoms with Crippen molar-refractivity contribution in [3.05, 3.63) is 77.0 Å². The average molecular weight is 349 g/mol. The second kappa shape index (κ2) is 7.44. The Morgan fingerprint density at radius 1 is 1.19 bits per heavy atom. The number of carbonyl (C=O) groups excluding carboxylic acids is 1. The van der Waals surface area contributed by atoms with Crippen LogP contribution < -0.4 is 0 Å². The Bertz CT molecular complexity index is 936. The molecule has 0 spiro atoms. The van der Waals surface area contributed by atoms with E-state index in [1.54, 1.807) is 30.4 Å². The van der Waals surface area contributed by atoms with E-state index in [9.17, 15) is 4.79 Å². The SMILES string of the molecule is Cc1ccccc1-n1nc(C)c(CN(C)C(=O)C=Cc2ccco2)c1C. The maximum atomic E-state index is 12.4. The van der Waals surface area contributed by atoms with Crippen LogP contribution in [0, 0.1) is 20.8 Å². The smallest absolute Gasteiger partial charge is 0.246 e. The second-order valence-electron chi connectivity index (χ2n) is 6.39. The van der Waals surface area contributed by atoms with E-state index in [0.29, 0.717) is 12.3 Å². The molecule has 3 aromatic rings. The molecule has 0 bridgehead atoms. The summed E-state index contributed by atoms with van der Waals surface area (Å²) in [4.78, 5) is 14.0. The zero-order valence-electron chi connectivity index (χ0n) is 15.6. The Labute approximate surface area is 153 Å². The van der Waals surface area contributed by atoms with Crippen molar-refractivity contribution in [2.24, 2.45) is 0 Å². The van der Waals surface area contributed by atoms with Gasteiger partial charge in [0.15, 0.2) is 0 Å². The van der Waals surface area contributed by atoms with Gasteiger partial charge >= 0.3 is 0 Å². The fraction of sp³-hybridized carbons (Fsp3) is 0.238. The molecule has 0 unspecified atom stereocenters. The zero-order chi connectivity index (χ0) is 18.7. The highest BCUT2D eigenvalue weighted by atomic mass is 16.3. The lowest BCUT2D eigenvalue weighted by atomic mass is 10.1. The van der Waals surface area contributed by atoms with Gasteiger partial charge in [0.1, 0.15) is 5.76 Å². The van der Waals surface area contributed by atoms with Gasteiger partial charge in [0.25, 0.3) is 0 Å². The molecule has 0 aliphatic rings. The number of likely N-dealkylation sites (N-methyl/N-ethyl adjacent to an activating group) is 1. The Kier molecular flexibility index (Phi) is 5.07. The van der Waals surface area contributed by atoms with Crippen LogP contribution in [0.5, 0.6) is 0 Å². The molecular formula is C21H23N3O2. The highest BCUT2D eigenvalue weighted by Crippen LogP contribution is 2.21. The highest BCUT2D eigenvalue weighted by molar-refractivity contribution is 5.91. The molecule has 0 fully saturated rings. The van der Waals surface area contributed by atoms with E-state index in [1.165, 1.54) is 6.08 Å². The van der Waals surface area contributed by atoms with Crippen molar-refractivity contribution < 1.29 is 9.21 Å². The van der Waals surface area contributed by atoms with Gasteiger partial charge in [-0.2, -0.15) is 5.10 Å². The Balaban J connectivity index is 1.80. The predicted octanol–water partition coefficient (Wildman–Crippen LogP) is 4.06. The molecule has 0 aliphatic heterocycles. The number of para-hydroxylation sites is 1. The standard InChI is InChI=1S/C21H23N3O2/c1-15-8-5-6-10-20(15)24-17(3)19(16(2)22-24)14-23(4)21(25)12-11-18-9-7-13-26-18/h5-13H,14H2,1-4H3. The maximum absolute atomic E-state index is 12.4. The van der Waals surface area contributed by atoms with E-state index in [-0.39, 0.29) is 5.91 Å². The van der Waals surface area contributed by atoms with Crippen LogP contribution in [0.15, 0.2) is 53.2 Å². The molecule has 0 radical (unpaired) electrons. The van der Waals surface area contributed by atoms with Crippen LogP contribution in [0.1, 0.15) is 28.3 Å². The summed E-state index contributed by atoms with van der Waals surface area (Å²) >= 11 is 0. The number of aryl methyl sites for hydroxylation is 2. The zero-order valence-corrected chi connectivity index (χ0v) is 15.6. The summed E-state index contributed by atoms with van der Waals surface area (Å²) in [6, 6.07) is 11.8.